The summed E-state index contributed by atoms with van der Waals surface area (Å²) in [7, 11) is 1.31. The summed E-state index contributed by atoms with van der Waals surface area (Å²) in [6, 6.07) is 7.18. The van der Waals surface area contributed by atoms with Crippen LogP contribution in [0.15, 0.2) is 29.2 Å². The van der Waals surface area contributed by atoms with Crippen LogP contribution < -0.4 is 4.74 Å². The van der Waals surface area contributed by atoms with Crippen LogP contribution in [0.25, 0.3) is 6.08 Å². The highest BCUT2D eigenvalue weighted by Gasteiger charge is 2.32. The molecule has 9 heteroatoms. The number of amides is 2. The molecule has 2 saturated heterocycles. The number of thiocarbonyl (C=S) groups is 1. The Balaban J connectivity index is 1.55. The summed E-state index contributed by atoms with van der Waals surface area (Å²) in [6.07, 6.45) is 5.12. The van der Waals surface area contributed by atoms with Crippen molar-refractivity contribution in [1.29, 1.82) is 0 Å². The predicted octanol–water partition coefficient (Wildman–Crippen LogP) is 2.84. The lowest BCUT2D eigenvalue weighted by atomic mass is 10.1. The van der Waals surface area contributed by atoms with Gasteiger partial charge in [-0.2, -0.15) is 0 Å². The first-order valence-corrected chi connectivity index (χ1v) is 11.0. The smallest absolute Gasteiger partial charge is 0.307 e. The van der Waals surface area contributed by atoms with Crippen LogP contribution in [0.4, 0.5) is 0 Å². The molecule has 0 spiro atoms. The van der Waals surface area contributed by atoms with Gasteiger partial charge in [-0.05, 0) is 43.0 Å². The zero-order chi connectivity index (χ0) is 21.5. The van der Waals surface area contributed by atoms with Crippen molar-refractivity contribution >= 4 is 52.2 Å². The molecule has 7 nitrogen and oxygen atoms in total. The van der Waals surface area contributed by atoms with Gasteiger partial charge in [0.2, 0.25) is 0 Å². The van der Waals surface area contributed by atoms with Gasteiger partial charge in [-0.1, -0.05) is 36.1 Å². The van der Waals surface area contributed by atoms with Gasteiger partial charge in [-0.3, -0.25) is 19.3 Å². The number of piperidine rings is 1. The van der Waals surface area contributed by atoms with E-state index < -0.39 is 0 Å². The second kappa shape index (κ2) is 10.6. The fraction of sp³-hybridized carbons (Fsp3) is 0.429. The third-order valence-corrected chi connectivity index (χ3v) is 6.27. The van der Waals surface area contributed by atoms with E-state index in [4.69, 9.17) is 17.0 Å². The summed E-state index contributed by atoms with van der Waals surface area (Å²) in [5, 5.41) is 0. The van der Waals surface area contributed by atoms with Gasteiger partial charge in [0.05, 0.1) is 18.4 Å². The molecule has 160 valence electrons. The van der Waals surface area contributed by atoms with Crippen molar-refractivity contribution in [3.63, 3.8) is 0 Å². The van der Waals surface area contributed by atoms with E-state index >= 15 is 0 Å². The SMILES string of the molecule is COC(=O)CCN1C(=O)/C(=C\c2ccc(OCC(=O)N3CCCCC3)cc2)SC1=S. The standard InChI is InChI=1S/C21H24N2O5S2/c1-27-19(25)9-12-23-20(26)17(30-21(23)29)13-15-5-7-16(8-6-15)28-14-18(24)22-10-3-2-4-11-22/h5-8,13H,2-4,9-12,14H2,1H3/b17-13+. The van der Waals surface area contributed by atoms with Crippen LogP contribution in [0.2, 0.25) is 0 Å². The maximum atomic E-state index is 12.5. The van der Waals surface area contributed by atoms with Crippen LogP contribution in [0.1, 0.15) is 31.2 Å². The van der Waals surface area contributed by atoms with E-state index in [-0.39, 0.29) is 37.4 Å². The predicted molar refractivity (Wildman–Crippen MR) is 119 cm³/mol. The molecule has 2 fully saturated rings. The summed E-state index contributed by atoms with van der Waals surface area (Å²) >= 11 is 6.46. The zero-order valence-corrected chi connectivity index (χ0v) is 18.4. The first-order valence-electron chi connectivity index (χ1n) is 9.81. The summed E-state index contributed by atoms with van der Waals surface area (Å²) < 4.78 is 10.6. The minimum Gasteiger partial charge on any atom is -0.484 e. The summed E-state index contributed by atoms with van der Waals surface area (Å²) in [5.74, 6) is 0.00119. The molecule has 0 radical (unpaired) electrons. The van der Waals surface area contributed by atoms with Gasteiger partial charge < -0.3 is 14.4 Å². The summed E-state index contributed by atoms with van der Waals surface area (Å²) in [6.45, 7) is 1.84. The number of hydrogen-bond donors (Lipinski definition) is 0. The molecule has 2 aliphatic rings. The second-order valence-corrected chi connectivity index (χ2v) is 8.63. The zero-order valence-electron chi connectivity index (χ0n) is 16.8. The molecule has 2 amide bonds. The molecule has 3 rings (SSSR count). The van der Waals surface area contributed by atoms with E-state index in [1.165, 1.54) is 30.2 Å². The molecule has 1 aromatic rings. The Hall–Kier alpha value is -2.39. The number of thioether (sulfide) groups is 1. The average molecular weight is 449 g/mol. The molecule has 0 atom stereocenters. The lowest BCUT2D eigenvalue weighted by Crippen LogP contribution is -2.38. The van der Waals surface area contributed by atoms with Crippen molar-refractivity contribution in [2.75, 3.05) is 33.4 Å². The maximum absolute atomic E-state index is 12.5. The van der Waals surface area contributed by atoms with E-state index in [1.54, 1.807) is 18.2 Å². The first-order chi connectivity index (χ1) is 14.5. The van der Waals surface area contributed by atoms with Gasteiger partial charge in [0.15, 0.2) is 6.61 Å². The molecule has 0 aromatic heterocycles. The van der Waals surface area contributed by atoms with E-state index in [9.17, 15) is 14.4 Å². The highest BCUT2D eigenvalue weighted by molar-refractivity contribution is 8.26. The number of carbonyl (C=O) groups excluding carboxylic acids is 3. The number of ether oxygens (including phenoxy) is 2. The van der Waals surface area contributed by atoms with Crippen molar-refractivity contribution in [2.24, 2.45) is 0 Å². The van der Waals surface area contributed by atoms with Gasteiger partial charge in [-0.25, -0.2) is 0 Å². The topological polar surface area (TPSA) is 76.1 Å². The third-order valence-electron chi connectivity index (χ3n) is 4.89. The van der Waals surface area contributed by atoms with Gasteiger partial charge >= 0.3 is 5.97 Å². The second-order valence-electron chi connectivity index (χ2n) is 6.96. The fourth-order valence-electron chi connectivity index (χ4n) is 3.19. The lowest BCUT2D eigenvalue weighted by molar-refractivity contribution is -0.141. The number of rotatable bonds is 7. The molecule has 0 aliphatic carbocycles. The Morgan fingerprint density at radius 1 is 1.17 bits per heavy atom. The van der Waals surface area contributed by atoms with Crippen molar-refractivity contribution in [2.45, 2.75) is 25.7 Å². The van der Waals surface area contributed by atoms with E-state index in [1.807, 2.05) is 17.0 Å². The number of benzene rings is 1. The van der Waals surface area contributed by atoms with E-state index in [0.717, 1.165) is 31.5 Å². The van der Waals surface area contributed by atoms with Crippen LogP contribution in [0.5, 0.6) is 5.75 Å². The Morgan fingerprint density at radius 2 is 1.87 bits per heavy atom. The molecule has 0 unspecified atom stereocenters. The van der Waals surface area contributed by atoms with Crippen LogP contribution >= 0.6 is 24.0 Å². The highest BCUT2D eigenvalue weighted by Crippen LogP contribution is 2.32. The molecule has 2 heterocycles. The Morgan fingerprint density at radius 3 is 2.53 bits per heavy atom. The first kappa shape index (κ1) is 22.3. The maximum Gasteiger partial charge on any atom is 0.307 e. The highest BCUT2D eigenvalue weighted by atomic mass is 32.2. The van der Waals surface area contributed by atoms with Crippen molar-refractivity contribution in [1.82, 2.24) is 9.80 Å². The largest absolute Gasteiger partial charge is 0.484 e. The summed E-state index contributed by atoms with van der Waals surface area (Å²) in [5.41, 5.74) is 0.818. The van der Waals surface area contributed by atoms with Crippen molar-refractivity contribution in [3.8, 4) is 5.75 Å². The minimum atomic E-state index is -0.387. The number of nitrogens with zero attached hydrogens (tertiary/aromatic N) is 2. The Bertz CT molecular complexity index is 847. The summed E-state index contributed by atoms with van der Waals surface area (Å²) in [4.78, 5) is 39.8. The van der Waals surface area contributed by atoms with E-state index in [0.29, 0.717) is 15.0 Å². The average Bonchev–Trinajstić information content (AvgIpc) is 3.04. The van der Waals surface area contributed by atoms with Crippen LogP contribution in [0, 0.1) is 0 Å². The molecule has 30 heavy (non-hydrogen) atoms. The van der Waals surface area contributed by atoms with Gasteiger partial charge in [0.1, 0.15) is 10.1 Å². The van der Waals surface area contributed by atoms with Crippen LogP contribution in [-0.4, -0.2) is 65.3 Å². The number of carbonyl (C=O) groups is 3. The monoisotopic (exact) mass is 448 g/mol. The molecule has 1 aromatic carbocycles. The molecule has 2 aliphatic heterocycles. The van der Waals surface area contributed by atoms with Crippen LogP contribution in [0.3, 0.4) is 0 Å². The third kappa shape index (κ3) is 5.82. The Kier molecular flexibility index (Phi) is 7.87. The van der Waals surface area contributed by atoms with E-state index in [2.05, 4.69) is 4.74 Å². The normalized spacial score (nSPS) is 18.1. The Labute approximate surface area is 185 Å². The lowest BCUT2D eigenvalue weighted by Gasteiger charge is -2.26. The number of likely N-dealkylation sites (tertiary alicyclic amines) is 1. The quantitative estimate of drug-likeness (QED) is 0.361. The molecular formula is C21H24N2O5S2. The van der Waals surface area contributed by atoms with Gasteiger partial charge in [-0.15, -0.1) is 0 Å². The van der Waals surface area contributed by atoms with Gasteiger partial charge in [0.25, 0.3) is 11.8 Å². The molecule has 0 N–H and O–H groups in total. The molecule has 0 saturated carbocycles. The van der Waals surface area contributed by atoms with Crippen LogP contribution in [-0.2, 0) is 19.1 Å². The van der Waals surface area contributed by atoms with Crippen molar-refractivity contribution in [3.05, 3.63) is 34.7 Å². The van der Waals surface area contributed by atoms with Crippen molar-refractivity contribution < 1.29 is 23.9 Å². The number of hydrogen-bond acceptors (Lipinski definition) is 7. The molecule has 0 bridgehead atoms. The van der Waals surface area contributed by atoms with Gasteiger partial charge in [0, 0.05) is 19.6 Å². The number of methoxy groups -OCH3 is 1. The number of esters is 1. The fourth-order valence-corrected chi connectivity index (χ4v) is 4.50. The minimum absolute atomic E-state index is 0.00871. The molecular weight excluding hydrogens is 424 g/mol.